The fourth-order valence-electron chi connectivity index (χ4n) is 10.6. The Labute approximate surface area is 321 Å². The Hall–Kier alpha value is -6.51. The van der Waals surface area contributed by atoms with Gasteiger partial charge in [-0.15, -0.1) is 0 Å². The molecule has 1 aromatic heterocycles. The molecule has 0 amide bonds. The summed E-state index contributed by atoms with van der Waals surface area (Å²) in [4.78, 5) is 5.28. The molecule has 1 aliphatic heterocycles. The summed E-state index contributed by atoms with van der Waals surface area (Å²) in [7, 11) is 0. The van der Waals surface area contributed by atoms with Gasteiger partial charge in [0.05, 0.1) is 16.6 Å². The van der Waals surface area contributed by atoms with Gasteiger partial charge in [-0.05, 0) is 103 Å². The fraction of sp³-hybridized carbons (Fsp3) is 0.113. The Morgan fingerprint density at radius 2 is 1.29 bits per heavy atom. The number of allylic oxidation sites excluding steroid dienone is 2. The molecule has 3 aliphatic carbocycles. The van der Waals surface area contributed by atoms with E-state index >= 15 is 0 Å². The zero-order valence-corrected chi connectivity index (χ0v) is 30.5. The van der Waals surface area contributed by atoms with E-state index in [2.05, 4.69) is 181 Å². The van der Waals surface area contributed by atoms with Crippen LogP contribution < -0.4 is 5.32 Å². The van der Waals surface area contributed by atoms with Crippen LogP contribution in [0.15, 0.2) is 170 Å². The second-order valence-corrected chi connectivity index (χ2v) is 15.7. The molecule has 2 nitrogen and oxygen atoms in total. The van der Waals surface area contributed by atoms with Crippen molar-refractivity contribution in [2.45, 2.75) is 30.1 Å². The zero-order valence-electron chi connectivity index (χ0n) is 30.5. The Balaban J connectivity index is 1.04. The maximum Gasteiger partial charge on any atom is 0.0943 e. The van der Waals surface area contributed by atoms with E-state index < -0.39 is 5.41 Å². The SMILES string of the molecule is C1=Cc2ccc3ccc(C4C=CC(c5ccc6c(c5)C5(c7ccccc7-c7ccccc75)c5c-6c(-c6ccccc6)cc6ccccc56)CC4)nc3c2NC1. The normalized spacial score (nSPS) is 18.1. The maximum absolute atomic E-state index is 5.28. The second-order valence-electron chi connectivity index (χ2n) is 15.7. The first-order valence-corrected chi connectivity index (χ1v) is 19.8. The van der Waals surface area contributed by atoms with E-state index in [4.69, 9.17) is 4.98 Å². The van der Waals surface area contributed by atoms with Crippen LogP contribution in [-0.4, -0.2) is 11.5 Å². The van der Waals surface area contributed by atoms with Gasteiger partial charge in [0.1, 0.15) is 0 Å². The minimum absolute atomic E-state index is 0.300. The first-order chi connectivity index (χ1) is 27.3. The van der Waals surface area contributed by atoms with Crippen LogP contribution in [0.25, 0.3) is 61.1 Å². The zero-order chi connectivity index (χ0) is 36.1. The number of hydrogen-bond donors (Lipinski definition) is 1. The molecule has 260 valence electrons. The lowest BCUT2D eigenvalue weighted by atomic mass is 9.68. The number of fused-ring (bicyclic) bond motifs is 15. The molecule has 2 unspecified atom stereocenters. The quantitative estimate of drug-likeness (QED) is 0.185. The van der Waals surface area contributed by atoms with Gasteiger partial charge in [-0.1, -0.05) is 164 Å². The molecule has 0 radical (unpaired) electrons. The van der Waals surface area contributed by atoms with Crippen LogP contribution in [0.5, 0.6) is 0 Å². The monoisotopic (exact) mass is 702 g/mol. The summed E-state index contributed by atoms with van der Waals surface area (Å²) < 4.78 is 0. The molecule has 0 bridgehead atoms. The number of nitrogens with zero attached hydrogens (tertiary/aromatic N) is 1. The molecule has 12 rings (SSSR count). The first kappa shape index (κ1) is 30.9. The molecule has 1 spiro atoms. The third-order valence-electron chi connectivity index (χ3n) is 13.0. The number of hydrogen-bond acceptors (Lipinski definition) is 2. The van der Waals surface area contributed by atoms with E-state index in [1.165, 1.54) is 82.9 Å². The van der Waals surface area contributed by atoms with Crippen molar-refractivity contribution in [1.29, 1.82) is 0 Å². The van der Waals surface area contributed by atoms with E-state index in [9.17, 15) is 0 Å². The molecule has 0 saturated heterocycles. The molecule has 55 heavy (non-hydrogen) atoms. The predicted molar refractivity (Wildman–Crippen MR) is 229 cm³/mol. The third kappa shape index (κ3) is 4.34. The summed E-state index contributed by atoms with van der Waals surface area (Å²) in [6.45, 7) is 0.844. The van der Waals surface area contributed by atoms with E-state index in [0.29, 0.717) is 11.8 Å². The van der Waals surface area contributed by atoms with Crippen LogP contribution in [0, 0.1) is 0 Å². The van der Waals surface area contributed by atoms with Crippen LogP contribution >= 0.6 is 0 Å². The molecular formula is C53H38N2. The minimum Gasteiger partial charge on any atom is -0.379 e. The van der Waals surface area contributed by atoms with Gasteiger partial charge in [0.25, 0.3) is 0 Å². The lowest BCUT2D eigenvalue weighted by molar-refractivity contribution is 0.592. The Bertz CT molecular complexity index is 2900. The van der Waals surface area contributed by atoms with Crippen molar-refractivity contribution in [2.24, 2.45) is 0 Å². The van der Waals surface area contributed by atoms with Crippen molar-refractivity contribution < 1.29 is 0 Å². The minimum atomic E-state index is -0.434. The highest BCUT2D eigenvalue weighted by atomic mass is 14.9. The predicted octanol–water partition coefficient (Wildman–Crippen LogP) is 13.1. The van der Waals surface area contributed by atoms with Gasteiger partial charge in [-0.2, -0.15) is 0 Å². The number of rotatable bonds is 3. The topological polar surface area (TPSA) is 24.9 Å². The molecule has 0 fully saturated rings. The second kappa shape index (κ2) is 11.7. The summed E-state index contributed by atoms with van der Waals surface area (Å²) in [5, 5.41) is 7.38. The maximum atomic E-state index is 5.28. The summed E-state index contributed by atoms with van der Waals surface area (Å²) in [6, 6.07) is 57.2. The smallest absolute Gasteiger partial charge is 0.0943 e. The van der Waals surface area contributed by atoms with Gasteiger partial charge < -0.3 is 5.32 Å². The largest absolute Gasteiger partial charge is 0.379 e. The van der Waals surface area contributed by atoms with Crippen molar-refractivity contribution >= 4 is 33.4 Å². The number of aromatic nitrogens is 1. The molecule has 7 aromatic carbocycles. The number of benzene rings is 7. The fourth-order valence-corrected chi connectivity index (χ4v) is 10.6. The van der Waals surface area contributed by atoms with Crippen LogP contribution in [0.2, 0.25) is 0 Å². The summed E-state index contributed by atoms with van der Waals surface area (Å²) in [5.41, 5.74) is 19.1. The van der Waals surface area contributed by atoms with Crippen LogP contribution in [0.1, 0.15) is 63.8 Å². The summed E-state index contributed by atoms with van der Waals surface area (Å²) >= 11 is 0. The van der Waals surface area contributed by atoms with E-state index in [1.54, 1.807) is 0 Å². The van der Waals surface area contributed by atoms with Crippen molar-refractivity contribution in [1.82, 2.24) is 4.98 Å². The lowest BCUT2D eigenvalue weighted by Crippen LogP contribution is -2.26. The van der Waals surface area contributed by atoms with Crippen molar-refractivity contribution in [3.63, 3.8) is 0 Å². The average molecular weight is 703 g/mol. The highest BCUT2D eigenvalue weighted by Crippen LogP contribution is 2.65. The standard InChI is InChI=1S/C53H38N2/c1-2-11-34(12-3-1)44-31-39-13-4-5-15-40(39)50-49(44)43-28-26-38(32-47(43)53(50)45-18-8-6-16-41(45)42-17-7-9-19-46(42)53)33-20-22-35(23-21-33)48-29-27-37-25-24-36-14-10-30-54-51(36)52(37)55-48/h1-20,22,24-29,31-33,35,54H,21,23,30H2. The highest BCUT2D eigenvalue weighted by molar-refractivity contribution is 6.09. The van der Waals surface area contributed by atoms with Gasteiger partial charge in [-0.25, -0.2) is 0 Å². The molecule has 4 aliphatic rings. The molecular weight excluding hydrogens is 665 g/mol. The Morgan fingerprint density at radius 1 is 0.564 bits per heavy atom. The van der Waals surface area contributed by atoms with Crippen molar-refractivity contribution in [2.75, 3.05) is 11.9 Å². The summed E-state index contributed by atoms with van der Waals surface area (Å²) in [5.74, 6) is 0.633. The van der Waals surface area contributed by atoms with Crippen molar-refractivity contribution in [3.05, 3.63) is 209 Å². The van der Waals surface area contributed by atoms with Crippen LogP contribution in [-0.2, 0) is 5.41 Å². The number of nitrogens with one attached hydrogen (secondary N) is 1. The van der Waals surface area contributed by atoms with Gasteiger partial charge in [0.15, 0.2) is 0 Å². The third-order valence-corrected chi connectivity index (χ3v) is 13.0. The number of anilines is 1. The average Bonchev–Trinajstić information content (AvgIpc) is 3.74. The van der Waals surface area contributed by atoms with Crippen LogP contribution in [0.4, 0.5) is 5.69 Å². The van der Waals surface area contributed by atoms with Crippen molar-refractivity contribution in [3.8, 4) is 33.4 Å². The Morgan fingerprint density at radius 3 is 2.11 bits per heavy atom. The molecule has 2 atom stereocenters. The highest BCUT2D eigenvalue weighted by Gasteiger charge is 2.53. The Kier molecular flexibility index (Phi) is 6.60. The van der Waals surface area contributed by atoms with E-state index in [0.717, 1.165) is 36.3 Å². The van der Waals surface area contributed by atoms with Crippen LogP contribution in [0.3, 0.4) is 0 Å². The van der Waals surface area contributed by atoms with E-state index in [1.807, 2.05) is 0 Å². The van der Waals surface area contributed by atoms with Gasteiger partial charge in [0.2, 0.25) is 0 Å². The molecule has 0 saturated carbocycles. The lowest BCUT2D eigenvalue weighted by Gasteiger charge is -2.32. The van der Waals surface area contributed by atoms with Gasteiger partial charge in [-0.3, -0.25) is 4.98 Å². The molecule has 1 N–H and O–H groups in total. The van der Waals surface area contributed by atoms with Gasteiger partial charge in [0, 0.05) is 29.5 Å². The molecule has 8 aromatic rings. The van der Waals surface area contributed by atoms with E-state index in [-0.39, 0.29) is 0 Å². The summed E-state index contributed by atoms with van der Waals surface area (Å²) in [6.07, 6.45) is 11.4. The van der Waals surface area contributed by atoms with Gasteiger partial charge >= 0.3 is 0 Å². The molecule has 2 heterocycles. The number of pyridine rings is 1. The first-order valence-electron chi connectivity index (χ1n) is 19.8. The molecule has 2 heteroatoms.